The Labute approximate surface area is 151 Å². The van der Waals surface area contributed by atoms with Crippen LogP contribution >= 0.6 is 11.8 Å². The number of rotatable bonds is 10. The third kappa shape index (κ3) is 8.24. The summed E-state index contributed by atoms with van der Waals surface area (Å²) in [6.45, 7) is 6.48. The lowest BCUT2D eigenvalue weighted by Crippen LogP contribution is -2.45. The maximum atomic E-state index is 11.8. The van der Waals surface area contributed by atoms with Crippen molar-refractivity contribution in [3.8, 4) is 0 Å². The molecule has 6 nitrogen and oxygen atoms in total. The molecule has 0 radical (unpaired) electrons. The molecular weight excluding hydrogens is 322 g/mol. The average Bonchev–Trinajstić information content (AvgIpc) is 3.03. The maximum Gasteiger partial charge on any atom is 0.243 e. The Balaban J connectivity index is 2.46. The second kappa shape index (κ2) is 12.4. The van der Waals surface area contributed by atoms with E-state index in [2.05, 4.69) is 33.7 Å². The molecular formula is C17H35N5OS. The van der Waals surface area contributed by atoms with Crippen molar-refractivity contribution in [3.63, 3.8) is 0 Å². The number of carbonyl (C=O) groups is 1. The summed E-state index contributed by atoms with van der Waals surface area (Å²) < 4.78 is 0. The standard InChI is InChI=1S/C17H35N5OS/c1-5-22-11-8-9-15(22)13-19-17(18-10-6-7-12-24-4)20-14-16(23)21(2)3/h15H,5-14H2,1-4H3,(H2,18,19,20). The average molecular weight is 358 g/mol. The molecule has 1 heterocycles. The van der Waals surface area contributed by atoms with Crippen molar-refractivity contribution in [1.82, 2.24) is 20.4 Å². The Morgan fingerprint density at radius 2 is 2.12 bits per heavy atom. The minimum Gasteiger partial charge on any atom is -0.356 e. The topological polar surface area (TPSA) is 60.0 Å². The molecule has 1 fully saturated rings. The van der Waals surface area contributed by atoms with E-state index in [4.69, 9.17) is 0 Å². The number of thioether (sulfide) groups is 1. The van der Waals surface area contributed by atoms with E-state index in [1.165, 1.54) is 31.6 Å². The quantitative estimate of drug-likeness (QED) is 0.350. The van der Waals surface area contributed by atoms with Gasteiger partial charge in [0.2, 0.25) is 5.91 Å². The molecule has 24 heavy (non-hydrogen) atoms. The molecule has 1 atom stereocenters. The third-order valence-corrected chi connectivity index (χ3v) is 5.05. The van der Waals surface area contributed by atoms with Crippen molar-refractivity contribution in [2.75, 3.05) is 58.8 Å². The lowest BCUT2D eigenvalue weighted by Gasteiger charge is -2.24. The molecule has 0 aromatic heterocycles. The number of aliphatic imine (C=N–C) groups is 1. The zero-order valence-electron chi connectivity index (χ0n) is 15.8. The van der Waals surface area contributed by atoms with Gasteiger partial charge in [-0.3, -0.25) is 9.69 Å². The zero-order chi connectivity index (χ0) is 17.8. The normalized spacial score (nSPS) is 18.7. The maximum absolute atomic E-state index is 11.8. The van der Waals surface area contributed by atoms with Crippen LogP contribution in [-0.4, -0.2) is 86.5 Å². The first kappa shape index (κ1) is 21.1. The van der Waals surface area contributed by atoms with Gasteiger partial charge in [-0.2, -0.15) is 11.8 Å². The summed E-state index contributed by atoms with van der Waals surface area (Å²) in [6, 6.07) is 0.572. The molecule has 140 valence electrons. The van der Waals surface area contributed by atoms with Gasteiger partial charge in [0, 0.05) is 33.2 Å². The van der Waals surface area contributed by atoms with Gasteiger partial charge < -0.3 is 15.5 Å². The molecule has 0 aromatic carbocycles. The highest BCUT2D eigenvalue weighted by Gasteiger charge is 2.22. The summed E-state index contributed by atoms with van der Waals surface area (Å²) in [5.41, 5.74) is 0. The van der Waals surface area contributed by atoms with Crippen LogP contribution in [0.1, 0.15) is 32.6 Å². The van der Waals surface area contributed by atoms with E-state index < -0.39 is 0 Å². The van der Waals surface area contributed by atoms with Crippen molar-refractivity contribution in [3.05, 3.63) is 0 Å². The second-order valence-corrected chi connectivity index (χ2v) is 7.37. The minimum atomic E-state index is 0.0227. The van der Waals surface area contributed by atoms with Crippen molar-refractivity contribution >= 4 is 23.6 Å². The number of hydrogen-bond donors (Lipinski definition) is 2. The summed E-state index contributed by atoms with van der Waals surface area (Å²) in [7, 11) is 3.52. The fraction of sp³-hybridized carbons (Fsp3) is 0.882. The number of amides is 1. The van der Waals surface area contributed by atoms with E-state index in [0.717, 1.165) is 32.0 Å². The van der Waals surface area contributed by atoms with Crippen LogP contribution in [0.3, 0.4) is 0 Å². The lowest BCUT2D eigenvalue weighted by molar-refractivity contribution is -0.127. The Kier molecular flexibility index (Phi) is 10.9. The van der Waals surface area contributed by atoms with Gasteiger partial charge >= 0.3 is 0 Å². The highest BCUT2D eigenvalue weighted by molar-refractivity contribution is 7.98. The molecule has 1 aliphatic rings. The van der Waals surface area contributed by atoms with Crippen molar-refractivity contribution in [2.24, 2.45) is 4.99 Å². The van der Waals surface area contributed by atoms with E-state index in [1.54, 1.807) is 19.0 Å². The number of guanidine groups is 1. The first-order valence-corrected chi connectivity index (χ1v) is 10.4. The molecule has 1 aliphatic heterocycles. The Bertz CT molecular complexity index is 389. The van der Waals surface area contributed by atoms with Crippen molar-refractivity contribution < 1.29 is 4.79 Å². The minimum absolute atomic E-state index is 0.0227. The fourth-order valence-corrected chi connectivity index (χ4v) is 3.29. The number of likely N-dealkylation sites (N-methyl/N-ethyl adjacent to an activating group) is 2. The molecule has 7 heteroatoms. The number of nitrogens with zero attached hydrogens (tertiary/aromatic N) is 3. The number of nitrogens with one attached hydrogen (secondary N) is 2. The van der Waals surface area contributed by atoms with Gasteiger partial charge in [0.1, 0.15) is 6.54 Å². The molecule has 1 amide bonds. The van der Waals surface area contributed by atoms with Gasteiger partial charge in [0.05, 0.1) is 0 Å². The number of unbranched alkanes of at least 4 members (excludes halogenated alkanes) is 1. The summed E-state index contributed by atoms with van der Waals surface area (Å²) in [5, 5.41) is 6.80. The molecule has 1 saturated heterocycles. The summed E-state index contributed by atoms with van der Waals surface area (Å²) in [6.07, 6.45) is 6.96. The van der Waals surface area contributed by atoms with Crippen LogP contribution in [0.2, 0.25) is 0 Å². The molecule has 0 bridgehead atoms. The molecule has 0 saturated carbocycles. The van der Waals surface area contributed by atoms with Gasteiger partial charge in [0.25, 0.3) is 0 Å². The van der Waals surface area contributed by atoms with Crippen LogP contribution < -0.4 is 10.6 Å². The first-order chi connectivity index (χ1) is 11.6. The van der Waals surface area contributed by atoms with Gasteiger partial charge in [-0.15, -0.1) is 0 Å². The lowest BCUT2D eigenvalue weighted by atomic mass is 10.2. The number of carbonyl (C=O) groups excluding carboxylic acids is 1. The van der Waals surface area contributed by atoms with Crippen LogP contribution in [0, 0.1) is 0 Å². The van der Waals surface area contributed by atoms with Gasteiger partial charge in [-0.05, 0) is 50.8 Å². The predicted molar refractivity (Wildman–Crippen MR) is 105 cm³/mol. The van der Waals surface area contributed by atoms with Gasteiger partial charge in [-0.1, -0.05) is 6.92 Å². The van der Waals surface area contributed by atoms with Crippen molar-refractivity contribution in [2.45, 2.75) is 38.6 Å². The van der Waals surface area contributed by atoms with Crippen LogP contribution in [0.15, 0.2) is 4.99 Å². The first-order valence-electron chi connectivity index (χ1n) is 9.03. The van der Waals surface area contributed by atoms with Crippen LogP contribution in [0.5, 0.6) is 0 Å². The smallest absolute Gasteiger partial charge is 0.243 e. The van der Waals surface area contributed by atoms with Crippen molar-refractivity contribution in [1.29, 1.82) is 0 Å². The highest BCUT2D eigenvalue weighted by Crippen LogP contribution is 2.15. The second-order valence-electron chi connectivity index (χ2n) is 6.39. The van der Waals surface area contributed by atoms with E-state index in [9.17, 15) is 4.79 Å². The molecule has 0 aromatic rings. The van der Waals surface area contributed by atoms with Gasteiger partial charge in [0.15, 0.2) is 5.96 Å². The molecule has 2 N–H and O–H groups in total. The molecule has 1 rings (SSSR count). The van der Waals surface area contributed by atoms with Gasteiger partial charge in [-0.25, -0.2) is 4.99 Å². The van der Waals surface area contributed by atoms with Crippen LogP contribution in [0.4, 0.5) is 0 Å². The highest BCUT2D eigenvalue weighted by atomic mass is 32.2. The monoisotopic (exact) mass is 357 g/mol. The number of likely N-dealkylation sites (tertiary alicyclic amines) is 1. The number of hydrogen-bond acceptors (Lipinski definition) is 4. The van der Waals surface area contributed by atoms with Crippen LogP contribution in [-0.2, 0) is 4.79 Å². The van der Waals surface area contributed by atoms with E-state index >= 15 is 0 Å². The van der Waals surface area contributed by atoms with E-state index in [1.807, 2.05) is 11.8 Å². The van der Waals surface area contributed by atoms with Crippen LogP contribution in [0.25, 0.3) is 0 Å². The largest absolute Gasteiger partial charge is 0.356 e. The zero-order valence-corrected chi connectivity index (χ0v) is 16.6. The molecule has 0 spiro atoms. The predicted octanol–water partition coefficient (Wildman–Crippen LogP) is 1.24. The Hall–Kier alpha value is -0.950. The summed E-state index contributed by atoms with van der Waals surface area (Å²) in [4.78, 5) is 20.3. The Morgan fingerprint density at radius 3 is 2.79 bits per heavy atom. The molecule has 1 unspecified atom stereocenters. The van der Waals surface area contributed by atoms with E-state index in [0.29, 0.717) is 6.04 Å². The fourth-order valence-electron chi connectivity index (χ4n) is 2.80. The summed E-state index contributed by atoms with van der Waals surface area (Å²) in [5.74, 6) is 1.97. The molecule has 0 aliphatic carbocycles. The third-order valence-electron chi connectivity index (χ3n) is 4.35. The summed E-state index contributed by atoms with van der Waals surface area (Å²) >= 11 is 1.88. The Morgan fingerprint density at radius 1 is 1.33 bits per heavy atom. The SMILES string of the molecule is CCN1CCCC1CNC(=NCC(=O)N(C)C)NCCCCSC. The van der Waals surface area contributed by atoms with E-state index in [-0.39, 0.29) is 12.5 Å².